The van der Waals surface area contributed by atoms with E-state index in [1.165, 1.54) is 29.7 Å². The summed E-state index contributed by atoms with van der Waals surface area (Å²) >= 11 is 0. The van der Waals surface area contributed by atoms with Crippen molar-refractivity contribution in [2.24, 2.45) is 7.05 Å². The molecule has 1 aliphatic carbocycles. The number of aryl methyl sites for hydroxylation is 4. The number of fused-ring (bicyclic) bond motifs is 2. The van der Waals surface area contributed by atoms with Crippen LogP contribution in [0.5, 0.6) is 0 Å². The zero-order valence-electron chi connectivity index (χ0n) is 11.2. The molecule has 3 rings (SSSR count). The van der Waals surface area contributed by atoms with Crippen molar-refractivity contribution in [3.8, 4) is 0 Å². The second-order valence-corrected chi connectivity index (χ2v) is 5.29. The van der Waals surface area contributed by atoms with Crippen molar-refractivity contribution >= 4 is 11.0 Å². The summed E-state index contributed by atoms with van der Waals surface area (Å²) in [6, 6.07) is 1.71. The van der Waals surface area contributed by atoms with Crippen molar-refractivity contribution in [2.45, 2.75) is 39.5 Å². The summed E-state index contributed by atoms with van der Waals surface area (Å²) in [5, 5.41) is 1.16. The molecular weight excluding hydrogens is 224 g/mol. The Morgan fingerprint density at radius 2 is 1.94 bits per heavy atom. The zero-order valence-corrected chi connectivity index (χ0v) is 11.2. The fourth-order valence-corrected chi connectivity index (χ4v) is 3.09. The first kappa shape index (κ1) is 11.5. The summed E-state index contributed by atoms with van der Waals surface area (Å²) in [4.78, 5) is 16.6. The van der Waals surface area contributed by atoms with Crippen LogP contribution in [-0.4, -0.2) is 9.55 Å². The van der Waals surface area contributed by atoms with Crippen molar-refractivity contribution in [1.82, 2.24) is 9.55 Å². The van der Waals surface area contributed by atoms with Gasteiger partial charge in [0, 0.05) is 24.2 Å². The predicted molar refractivity (Wildman–Crippen MR) is 73.1 cm³/mol. The minimum Gasteiger partial charge on any atom is -0.296 e. The molecule has 0 amide bonds. The third kappa shape index (κ3) is 1.50. The van der Waals surface area contributed by atoms with Crippen LogP contribution in [-0.2, 0) is 19.9 Å². The number of rotatable bonds is 0. The third-order valence-electron chi connectivity index (χ3n) is 4.11. The minimum atomic E-state index is 0.0302. The van der Waals surface area contributed by atoms with E-state index in [0.29, 0.717) is 0 Å². The average Bonchev–Trinajstić information content (AvgIpc) is 2.36. The lowest BCUT2D eigenvalue weighted by Crippen LogP contribution is -2.20. The van der Waals surface area contributed by atoms with E-state index in [1.54, 1.807) is 10.6 Å². The molecule has 0 aliphatic heterocycles. The van der Waals surface area contributed by atoms with Crippen molar-refractivity contribution in [1.29, 1.82) is 0 Å². The van der Waals surface area contributed by atoms with E-state index in [2.05, 4.69) is 6.92 Å². The van der Waals surface area contributed by atoms with Gasteiger partial charge in [-0.25, -0.2) is 4.98 Å². The smallest absolute Gasteiger partial charge is 0.252 e. The second kappa shape index (κ2) is 3.94. The largest absolute Gasteiger partial charge is 0.296 e. The lowest BCUT2D eigenvalue weighted by molar-refractivity contribution is 0.665. The summed E-state index contributed by atoms with van der Waals surface area (Å²) in [6.45, 7) is 4.18. The van der Waals surface area contributed by atoms with Gasteiger partial charge in [0.05, 0.1) is 0 Å². The Hall–Kier alpha value is -1.64. The third-order valence-corrected chi connectivity index (χ3v) is 4.11. The number of hydrogen-bond donors (Lipinski definition) is 0. The minimum absolute atomic E-state index is 0.0302. The molecule has 18 heavy (non-hydrogen) atoms. The van der Waals surface area contributed by atoms with Crippen LogP contribution in [0, 0.1) is 13.8 Å². The quantitative estimate of drug-likeness (QED) is 0.711. The first-order chi connectivity index (χ1) is 8.59. The van der Waals surface area contributed by atoms with Gasteiger partial charge >= 0.3 is 0 Å². The lowest BCUT2D eigenvalue weighted by atomic mass is 9.90. The molecule has 0 bridgehead atoms. The molecule has 2 heterocycles. The molecule has 0 unspecified atom stereocenters. The maximum absolute atomic E-state index is 11.9. The Bertz CT molecular complexity index is 698. The van der Waals surface area contributed by atoms with Crippen LogP contribution in [0.3, 0.4) is 0 Å². The van der Waals surface area contributed by atoms with Gasteiger partial charge in [0.1, 0.15) is 5.65 Å². The molecule has 0 saturated carbocycles. The zero-order chi connectivity index (χ0) is 12.9. The lowest BCUT2D eigenvalue weighted by Gasteiger charge is -2.20. The maximum atomic E-state index is 11.9. The average molecular weight is 242 g/mol. The number of nitrogens with zero attached hydrogens (tertiary/aromatic N) is 2. The highest BCUT2D eigenvalue weighted by Gasteiger charge is 2.18. The SMILES string of the molecule is Cc1cc(=O)n(C)c2nc3c(c(C)c12)CCCC3. The highest BCUT2D eigenvalue weighted by molar-refractivity contribution is 5.84. The fraction of sp³-hybridized carbons (Fsp3) is 0.467. The fourth-order valence-electron chi connectivity index (χ4n) is 3.09. The van der Waals surface area contributed by atoms with Crippen LogP contribution >= 0.6 is 0 Å². The molecule has 0 radical (unpaired) electrons. The van der Waals surface area contributed by atoms with E-state index in [-0.39, 0.29) is 5.56 Å². The molecular formula is C15H18N2O. The molecule has 2 aromatic heterocycles. The molecule has 94 valence electrons. The number of aromatic nitrogens is 2. The van der Waals surface area contributed by atoms with Crippen molar-refractivity contribution in [2.75, 3.05) is 0 Å². The summed E-state index contributed by atoms with van der Waals surface area (Å²) in [5.41, 5.74) is 5.86. The molecule has 0 atom stereocenters. The molecule has 1 aliphatic rings. The normalized spacial score (nSPS) is 14.8. The van der Waals surface area contributed by atoms with Crippen LogP contribution in [0.2, 0.25) is 0 Å². The van der Waals surface area contributed by atoms with Gasteiger partial charge in [0.25, 0.3) is 5.56 Å². The van der Waals surface area contributed by atoms with Gasteiger partial charge in [0.15, 0.2) is 0 Å². The summed E-state index contributed by atoms with van der Waals surface area (Å²) in [5.74, 6) is 0. The monoisotopic (exact) mass is 242 g/mol. The topological polar surface area (TPSA) is 34.9 Å². The molecule has 0 saturated heterocycles. The summed E-state index contributed by atoms with van der Waals surface area (Å²) in [7, 11) is 1.81. The Labute approximate surface area is 106 Å². The summed E-state index contributed by atoms with van der Waals surface area (Å²) in [6.07, 6.45) is 4.65. The Balaban J connectivity index is 2.49. The van der Waals surface area contributed by atoms with Gasteiger partial charge in [-0.3, -0.25) is 9.36 Å². The van der Waals surface area contributed by atoms with Crippen molar-refractivity contribution < 1.29 is 0 Å². The maximum Gasteiger partial charge on any atom is 0.252 e. The van der Waals surface area contributed by atoms with Gasteiger partial charge in [-0.15, -0.1) is 0 Å². The van der Waals surface area contributed by atoms with Gasteiger partial charge in [0.2, 0.25) is 0 Å². The van der Waals surface area contributed by atoms with E-state index >= 15 is 0 Å². The molecule has 0 N–H and O–H groups in total. The Morgan fingerprint density at radius 1 is 1.22 bits per heavy atom. The van der Waals surface area contributed by atoms with Crippen molar-refractivity contribution in [3.05, 3.63) is 38.8 Å². The standard InChI is InChI=1S/C15H18N2O/c1-9-8-13(18)17(3)15-14(9)10(2)11-6-4-5-7-12(11)16-15/h8H,4-7H2,1-3H3. The van der Waals surface area contributed by atoms with Crippen LogP contribution in [0.4, 0.5) is 0 Å². The highest BCUT2D eigenvalue weighted by Crippen LogP contribution is 2.29. The molecule has 3 nitrogen and oxygen atoms in total. The number of pyridine rings is 2. The van der Waals surface area contributed by atoms with E-state index in [1.807, 2.05) is 14.0 Å². The Morgan fingerprint density at radius 3 is 2.72 bits per heavy atom. The predicted octanol–water partition coefficient (Wildman–Crippen LogP) is 2.43. The van der Waals surface area contributed by atoms with Gasteiger partial charge in [-0.1, -0.05) is 0 Å². The van der Waals surface area contributed by atoms with Gasteiger partial charge in [-0.2, -0.15) is 0 Å². The van der Waals surface area contributed by atoms with Crippen LogP contribution in [0.15, 0.2) is 10.9 Å². The molecule has 0 fully saturated rings. The van der Waals surface area contributed by atoms with Crippen LogP contribution < -0.4 is 5.56 Å². The van der Waals surface area contributed by atoms with Crippen molar-refractivity contribution in [3.63, 3.8) is 0 Å². The molecule has 2 aromatic rings. The molecule has 0 aromatic carbocycles. The summed E-state index contributed by atoms with van der Waals surface area (Å²) < 4.78 is 1.67. The second-order valence-electron chi connectivity index (χ2n) is 5.29. The van der Waals surface area contributed by atoms with Crippen LogP contribution in [0.1, 0.15) is 35.2 Å². The molecule has 3 heteroatoms. The van der Waals surface area contributed by atoms with E-state index in [0.717, 1.165) is 29.4 Å². The van der Waals surface area contributed by atoms with E-state index < -0.39 is 0 Å². The molecule has 0 spiro atoms. The number of hydrogen-bond acceptors (Lipinski definition) is 2. The first-order valence-electron chi connectivity index (χ1n) is 6.58. The van der Waals surface area contributed by atoms with Crippen LogP contribution in [0.25, 0.3) is 11.0 Å². The van der Waals surface area contributed by atoms with E-state index in [9.17, 15) is 4.79 Å². The van der Waals surface area contributed by atoms with Gasteiger partial charge in [-0.05, 0) is 56.2 Å². The highest BCUT2D eigenvalue weighted by atomic mass is 16.1. The van der Waals surface area contributed by atoms with Gasteiger partial charge < -0.3 is 0 Å². The Kier molecular flexibility index (Phi) is 2.51. The van der Waals surface area contributed by atoms with E-state index in [4.69, 9.17) is 4.98 Å². The first-order valence-corrected chi connectivity index (χ1v) is 6.58.